The van der Waals surface area contributed by atoms with Crippen LogP contribution in [0.1, 0.15) is 34.3 Å². The van der Waals surface area contributed by atoms with Crippen LogP contribution in [0.3, 0.4) is 0 Å². The van der Waals surface area contributed by atoms with Crippen LogP contribution in [0, 0.1) is 0 Å². The first-order valence-corrected chi connectivity index (χ1v) is 8.92. The van der Waals surface area contributed by atoms with Gasteiger partial charge in [-0.15, -0.1) is 0 Å². The molecule has 0 radical (unpaired) electrons. The number of hydrogen-bond donors (Lipinski definition) is 2. The van der Waals surface area contributed by atoms with E-state index in [1.165, 1.54) is 6.07 Å². The minimum atomic E-state index is -4.52. The Balaban J connectivity index is 1.65. The molecule has 1 atom stereocenters. The van der Waals surface area contributed by atoms with Crippen LogP contribution < -0.4 is 15.8 Å². The molecule has 0 aliphatic carbocycles. The molecule has 8 heteroatoms. The van der Waals surface area contributed by atoms with E-state index in [0.29, 0.717) is 17.9 Å². The number of halogens is 3. The molecule has 1 aliphatic heterocycles. The van der Waals surface area contributed by atoms with Crippen molar-refractivity contribution in [1.82, 2.24) is 0 Å². The van der Waals surface area contributed by atoms with Crippen LogP contribution in [-0.4, -0.2) is 25.2 Å². The highest BCUT2D eigenvalue weighted by molar-refractivity contribution is 6.04. The molecule has 28 heavy (non-hydrogen) atoms. The number of nitrogens with one attached hydrogen (secondary N) is 1. The zero-order valence-corrected chi connectivity index (χ0v) is 15.1. The molecular formula is C20H21F3N2O3. The van der Waals surface area contributed by atoms with Gasteiger partial charge in [-0.1, -0.05) is 0 Å². The van der Waals surface area contributed by atoms with Gasteiger partial charge in [0.1, 0.15) is 12.4 Å². The summed E-state index contributed by atoms with van der Waals surface area (Å²) in [6, 6.07) is 9.66. The van der Waals surface area contributed by atoms with Crippen LogP contribution >= 0.6 is 0 Å². The van der Waals surface area contributed by atoms with Gasteiger partial charge in [-0.05, 0) is 60.9 Å². The maximum absolute atomic E-state index is 13.0. The van der Waals surface area contributed by atoms with E-state index in [1.807, 2.05) is 0 Å². The molecule has 0 aromatic heterocycles. The predicted octanol–water partition coefficient (Wildman–Crippen LogP) is 3.97. The lowest BCUT2D eigenvalue weighted by atomic mass is 10.1. The van der Waals surface area contributed by atoms with Crippen molar-refractivity contribution < 1.29 is 27.4 Å². The number of ether oxygens (including phenoxy) is 2. The molecule has 0 spiro atoms. The highest BCUT2D eigenvalue weighted by Crippen LogP contribution is 2.32. The summed E-state index contributed by atoms with van der Waals surface area (Å²) in [5.41, 5.74) is 5.23. The summed E-state index contributed by atoms with van der Waals surface area (Å²) < 4.78 is 50.1. The molecule has 1 aliphatic rings. The van der Waals surface area contributed by atoms with Crippen molar-refractivity contribution in [3.63, 3.8) is 0 Å². The number of hydrogen-bond acceptors (Lipinski definition) is 4. The van der Waals surface area contributed by atoms with Crippen LogP contribution in [-0.2, 0) is 17.5 Å². The van der Waals surface area contributed by atoms with Crippen LogP contribution in [0.2, 0.25) is 0 Å². The molecule has 150 valence electrons. The lowest BCUT2D eigenvalue weighted by Gasteiger charge is -2.13. The van der Waals surface area contributed by atoms with Gasteiger partial charge in [0.15, 0.2) is 0 Å². The Labute approximate surface area is 160 Å². The largest absolute Gasteiger partial charge is 0.491 e. The number of carbonyl (C=O) groups excluding carboxylic acids is 1. The first kappa shape index (κ1) is 20.2. The molecule has 0 saturated carbocycles. The third kappa shape index (κ3) is 5.24. The monoisotopic (exact) mass is 394 g/mol. The van der Waals surface area contributed by atoms with Gasteiger partial charge in [0, 0.05) is 24.4 Å². The Bertz CT molecular complexity index is 816. The Morgan fingerprint density at radius 3 is 2.57 bits per heavy atom. The molecule has 1 fully saturated rings. The number of anilines is 1. The third-order valence-corrected chi connectivity index (χ3v) is 4.39. The fourth-order valence-corrected chi connectivity index (χ4v) is 2.92. The average Bonchev–Trinajstić information content (AvgIpc) is 3.19. The molecule has 1 unspecified atom stereocenters. The summed E-state index contributed by atoms with van der Waals surface area (Å²) in [6.45, 7) is 1.12. The highest BCUT2D eigenvalue weighted by atomic mass is 19.4. The summed E-state index contributed by atoms with van der Waals surface area (Å²) in [5.74, 6) is 0.0736. The van der Waals surface area contributed by atoms with Crippen LogP contribution in [0.25, 0.3) is 0 Å². The normalized spacial score (nSPS) is 16.8. The minimum absolute atomic E-state index is 0.0407. The van der Waals surface area contributed by atoms with Crippen molar-refractivity contribution in [3.8, 4) is 5.75 Å². The Hall–Kier alpha value is -2.58. The molecule has 2 aromatic rings. The number of amides is 1. The number of alkyl halides is 3. The molecule has 1 amide bonds. The molecule has 3 N–H and O–H groups in total. The second kappa shape index (κ2) is 8.62. The van der Waals surface area contributed by atoms with E-state index >= 15 is 0 Å². The zero-order valence-electron chi connectivity index (χ0n) is 15.1. The molecular weight excluding hydrogens is 373 g/mol. The van der Waals surface area contributed by atoms with Crippen LogP contribution in [0.5, 0.6) is 5.75 Å². The van der Waals surface area contributed by atoms with Crippen molar-refractivity contribution in [2.24, 2.45) is 5.73 Å². The minimum Gasteiger partial charge on any atom is -0.491 e. The fourth-order valence-electron chi connectivity index (χ4n) is 2.92. The van der Waals surface area contributed by atoms with Crippen molar-refractivity contribution in [2.45, 2.75) is 31.7 Å². The van der Waals surface area contributed by atoms with E-state index < -0.39 is 17.6 Å². The van der Waals surface area contributed by atoms with Gasteiger partial charge in [0.05, 0.1) is 11.7 Å². The van der Waals surface area contributed by atoms with Gasteiger partial charge in [-0.2, -0.15) is 13.2 Å². The van der Waals surface area contributed by atoms with Crippen molar-refractivity contribution in [2.75, 3.05) is 18.5 Å². The summed E-state index contributed by atoms with van der Waals surface area (Å²) in [5, 5.41) is 2.49. The SMILES string of the molecule is NCc1cc(NC(=O)c2ccc(OCC3CCCO3)cc2)cc(C(F)(F)F)c1. The van der Waals surface area contributed by atoms with Crippen LogP contribution in [0.4, 0.5) is 18.9 Å². The number of benzene rings is 2. The lowest BCUT2D eigenvalue weighted by Crippen LogP contribution is -2.16. The van der Waals surface area contributed by atoms with Gasteiger partial charge >= 0.3 is 6.18 Å². The second-order valence-electron chi connectivity index (χ2n) is 6.55. The number of carbonyl (C=O) groups is 1. The zero-order chi connectivity index (χ0) is 20.1. The first-order chi connectivity index (χ1) is 13.3. The molecule has 1 saturated heterocycles. The summed E-state index contributed by atoms with van der Waals surface area (Å²) in [6.07, 6.45) is -2.45. The van der Waals surface area contributed by atoms with Crippen molar-refractivity contribution in [1.29, 1.82) is 0 Å². The Morgan fingerprint density at radius 2 is 1.96 bits per heavy atom. The van der Waals surface area contributed by atoms with Crippen molar-refractivity contribution in [3.05, 3.63) is 59.2 Å². The number of rotatable bonds is 6. The van der Waals surface area contributed by atoms with Gasteiger partial charge in [-0.3, -0.25) is 4.79 Å². The predicted molar refractivity (Wildman–Crippen MR) is 98.2 cm³/mol. The van der Waals surface area contributed by atoms with Crippen LogP contribution in [0.15, 0.2) is 42.5 Å². The molecule has 2 aromatic carbocycles. The van der Waals surface area contributed by atoms with E-state index in [-0.39, 0.29) is 23.9 Å². The van der Waals surface area contributed by atoms with E-state index in [2.05, 4.69) is 5.32 Å². The molecule has 5 nitrogen and oxygen atoms in total. The van der Waals surface area contributed by atoms with Gasteiger partial charge in [0.25, 0.3) is 5.91 Å². The topological polar surface area (TPSA) is 73.6 Å². The van der Waals surface area contributed by atoms with E-state index in [1.54, 1.807) is 24.3 Å². The first-order valence-electron chi connectivity index (χ1n) is 8.92. The molecule has 1 heterocycles. The van der Waals surface area contributed by atoms with E-state index in [0.717, 1.165) is 31.6 Å². The third-order valence-electron chi connectivity index (χ3n) is 4.39. The second-order valence-corrected chi connectivity index (χ2v) is 6.55. The van der Waals surface area contributed by atoms with E-state index in [9.17, 15) is 18.0 Å². The summed E-state index contributed by atoms with van der Waals surface area (Å²) in [4.78, 5) is 12.4. The number of nitrogens with two attached hydrogens (primary N) is 1. The van der Waals surface area contributed by atoms with Gasteiger partial charge < -0.3 is 20.5 Å². The summed E-state index contributed by atoms with van der Waals surface area (Å²) in [7, 11) is 0. The highest BCUT2D eigenvalue weighted by Gasteiger charge is 2.31. The average molecular weight is 394 g/mol. The van der Waals surface area contributed by atoms with Gasteiger partial charge in [-0.25, -0.2) is 0 Å². The Kier molecular flexibility index (Phi) is 6.21. The van der Waals surface area contributed by atoms with E-state index in [4.69, 9.17) is 15.2 Å². The van der Waals surface area contributed by atoms with Gasteiger partial charge in [0.2, 0.25) is 0 Å². The molecule has 3 rings (SSSR count). The molecule has 0 bridgehead atoms. The Morgan fingerprint density at radius 1 is 1.21 bits per heavy atom. The standard InChI is InChI=1S/C20H21F3N2O3/c21-20(22,23)15-8-13(11-24)9-16(10-15)25-19(26)14-3-5-17(6-4-14)28-12-18-2-1-7-27-18/h3-6,8-10,18H,1-2,7,11-12,24H2,(H,25,26). The maximum Gasteiger partial charge on any atom is 0.416 e. The quantitative estimate of drug-likeness (QED) is 0.778. The van der Waals surface area contributed by atoms with Crippen molar-refractivity contribution >= 4 is 11.6 Å². The maximum atomic E-state index is 13.0. The smallest absolute Gasteiger partial charge is 0.416 e. The lowest BCUT2D eigenvalue weighted by molar-refractivity contribution is -0.137. The fraction of sp³-hybridized carbons (Fsp3) is 0.350. The summed E-state index contributed by atoms with van der Waals surface area (Å²) >= 11 is 0.